The molecule has 1 aliphatic heterocycles. The monoisotopic (exact) mass is 250 g/mol. The van der Waals surface area contributed by atoms with Gasteiger partial charge in [-0.15, -0.1) is 24.8 Å². The first-order valence-corrected chi connectivity index (χ1v) is 5.75. The van der Waals surface area contributed by atoms with Gasteiger partial charge < -0.3 is 10.1 Å². The molecule has 82 valence electrons. The number of halogens is 2. The van der Waals surface area contributed by atoms with Crippen LogP contribution in [0, 0.1) is 4.78 Å². The second-order valence-corrected chi connectivity index (χ2v) is 5.21. The molecule has 1 aliphatic rings. The lowest BCUT2D eigenvalue weighted by molar-refractivity contribution is 0.0434. The predicted octanol–water partition coefficient (Wildman–Crippen LogP) is 0.495. The van der Waals surface area contributed by atoms with Crippen molar-refractivity contribution in [1.29, 1.82) is 4.78 Å². The van der Waals surface area contributed by atoms with Crippen molar-refractivity contribution in [3.8, 4) is 0 Å². The number of nitrogens with one attached hydrogen (secondary N) is 2. The van der Waals surface area contributed by atoms with E-state index in [1.54, 1.807) is 0 Å². The Labute approximate surface area is 91.6 Å². The molecule has 0 aromatic heterocycles. The minimum atomic E-state index is -2.39. The molecule has 0 amide bonds. The summed E-state index contributed by atoms with van der Waals surface area (Å²) in [7, 11) is -2.39. The van der Waals surface area contributed by atoms with Crippen LogP contribution in [0.5, 0.6) is 0 Å². The van der Waals surface area contributed by atoms with E-state index < -0.39 is 9.73 Å². The van der Waals surface area contributed by atoms with E-state index in [-0.39, 0.29) is 30.9 Å². The van der Waals surface area contributed by atoms with Gasteiger partial charge in [0.25, 0.3) is 0 Å². The molecule has 0 aromatic rings. The van der Waals surface area contributed by atoms with Gasteiger partial charge in [0.05, 0.1) is 18.5 Å². The van der Waals surface area contributed by atoms with Crippen LogP contribution in [0.2, 0.25) is 0 Å². The molecule has 7 heteroatoms. The molecule has 1 saturated heterocycles. The van der Waals surface area contributed by atoms with E-state index >= 15 is 0 Å². The van der Waals surface area contributed by atoms with Crippen molar-refractivity contribution in [3.63, 3.8) is 0 Å². The van der Waals surface area contributed by atoms with E-state index in [1.165, 1.54) is 6.26 Å². The Morgan fingerprint density at radius 2 is 2.23 bits per heavy atom. The van der Waals surface area contributed by atoms with Gasteiger partial charge in [0.2, 0.25) is 0 Å². The molecule has 1 fully saturated rings. The zero-order chi connectivity index (χ0) is 8.32. The third-order valence-electron chi connectivity index (χ3n) is 1.51. The molecule has 0 saturated carbocycles. The van der Waals surface area contributed by atoms with Crippen molar-refractivity contribution in [1.82, 2.24) is 5.32 Å². The number of rotatable bonds is 2. The molecule has 0 bridgehead atoms. The highest BCUT2D eigenvalue weighted by atomic mass is 35.5. The third kappa shape index (κ3) is 7.52. The Bertz CT molecular complexity index is 215. The van der Waals surface area contributed by atoms with Gasteiger partial charge in [-0.1, -0.05) is 0 Å². The Morgan fingerprint density at radius 1 is 1.62 bits per heavy atom. The van der Waals surface area contributed by atoms with Crippen LogP contribution in [-0.2, 0) is 14.5 Å². The minimum Gasteiger partial charge on any atom is -0.375 e. The number of hydrogen-bond donors (Lipinski definition) is 2. The standard InChI is InChI=1S/C6H14N2O2S.2ClH/c1-11(7,9)5-6-4-8-2-3-10-6;;/h6-8H,2-5H2,1H3;2*1H. The van der Waals surface area contributed by atoms with E-state index in [4.69, 9.17) is 9.52 Å². The van der Waals surface area contributed by atoms with Crippen LogP contribution in [0.3, 0.4) is 0 Å². The van der Waals surface area contributed by atoms with Crippen LogP contribution in [0.15, 0.2) is 0 Å². The van der Waals surface area contributed by atoms with Crippen LogP contribution in [0.4, 0.5) is 0 Å². The fraction of sp³-hybridized carbons (Fsp3) is 1.00. The Balaban J connectivity index is 0. The van der Waals surface area contributed by atoms with Crippen molar-refractivity contribution in [2.75, 3.05) is 31.7 Å². The molecular weight excluding hydrogens is 235 g/mol. The van der Waals surface area contributed by atoms with E-state index in [0.717, 1.165) is 13.1 Å². The largest absolute Gasteiger partial charge is 0.375 e. The zero-order valence-electron chi connectivity index (χ0n) is 7.45. The van der Waals surface area contributed by atoms with Crippen LogP contribution >= 0.6 is 24.8 Å². The summed E-state index contributed by atoms with van der Waals surface area (Å²) in [6.07, 6.45) is 1.42. The number of morpholine rings is 1. The van der Waals surface area contributed by atoms with Gasteiger partial charge in [0.1, 0.15) is 0 Å². The van der Waals surface area contributed by atoms with Gasteiger partial charge in [-0.3, -0.25) is 8.99 Å². The average molecular weight is 251 g/mol. The SMILES string of the molecule is CS(=N)(=O)CC1CNCCO1.Cl.Cl. The quantitative estimate of drug-likeness (QED) is 0.751. The van der Waals surface area contributed by atoms with Gasteiger partial charge in [-0.05, 0) is 0 Å². The lowest BCUT2D eigenvalue weighted by Crippen LogP contribution is -2.41. The summed E-state index contributed by atoms with van der Waals surface area (Å²) in [4.78, 5) is 0. The first-order chi connectivity index (χ1) is 5.08. The molecule has 0 spiro atoms. The van der Waals surface area contributed by atoms with Gasteiger partial charge in [0.15, 0.2) is 0 Å². The molecule has 2 unspecified atom stereocenters. The summed E-state index contributed by atoms with van der Waals surface area (Å²) in [5.74, 6) is 0.347. The van der Waals surface area contributed by atoms with Crippen molar-refractivity contribution in [2.24, 2.45) is 0 Å². The normalized spacial score (nSPS) is 26.4. The second-order valence-electron chi connectivity index (χ2n) is 2.87. The summed E-state index contributed by atoms with van der Waals surface area (Å²) in [6.45, 7) is 2.25. The molecular formula is C6H16Cl2N2O2S. The van der Waals surface area contributed by atoms with Gasteiger partial charge in [-0.2, -0.15) is 0 Å². The van der Waals surface area contributed by atoms with Crippen molar-refractivity contribution < 1.29 is 8.95 Å². The summed E-state index contributed by atoms with van der Waals surface area (Å²) in [5, 5.41) is 3.12. The lowest BCUT2D eigenvalue weighted by Gasteiger charge is -2.23. The Morgan fingerprint density at radius 3 is 2.62 bits per heavy atom. The summed E-state index contributed by atoms with van der Waals surface area (Å²) in [6, 6.07) is 0. The number of hydrogen-bond acceptors (Lipinski definition) is 4. The second kappa shape index (κ2) is 6.84. The van der Waals surface area contributed by atoms with Crippen molar-refractivity contribution >= 4 is 34.5 Å². The minimum absolute atomic E-state index is 0. The fourth-order valence-corrected chi connectivity index (χ4v) is 2.01. The highest BCUT2D eigenvalue weighted by Gasteiger charge is 2.16. The smallest absolute Gasteiger partial charge is 0.0823 e. The van der Waals surface area contributed by atoms with E-state index in [2.05, 4.69) is 5.32 Å². The van der Waals surface area contributed by atoms with E-state index in [1.807, 2.05) is 0 Å². The molecule has 1 heterocycles. The van der Waals surface area contributed by atoms with E-state index in [0.29, 0.717) is 12.4 Å². The van der Waals surface area contributed by atoms with Crippen LogP contribution < -0.4 is 5.32 Å². The molecule has 4 nitrogen and oxygen atoms in total. The maximum Gasteiger partial charge on any atom is 0.0823 e. The van der Waals surface area contributed by atoms with Gasteiger partial charge >= 0.3 is 0 Å². The van der Waals surface area contributed by atoms with Crippen LogP contribution in [-0.4, -0.2) is 42.0 Å². The predicted molar refractivity (Wildman–Crippen MR) is 58.8 cm³/mol. The van der Waals surface area contributed by atoms with Gasteiger partial charge in [-0.25, -0.2) is 0 Å². The Hall–Kier alpha value is 0.450. The van der Waals surface area contributed by atoms with Crippen LogP contribution in [0.1, 0.15) is 0 Å². The van der Waals surface area contributed by atoms with Gasteiger partial charge in [0, 0.05) is 29.1 Å². The lowest BCUT2D eigenvalue weighted by atomic mass is 10.3. The zero-order valence-corrected chi connectivity index (χ0v) is 9.90. The summed E-state index contributed by atoms with van der Waals surface area (Å²) < 4.78 is 23.5. The molecule has 0 radical (unpaired) electrons. The third-order valence-corrected chi connectivity index (χ3v) is 2.52. The summed E-state index contributed by atoms with van der Waals surface area (Å²) >= 11 is 0. The average Bonchev–Trinajstić information content (AvgIpc) is 1.85. The maximum atomic E-state index is 11.0. The first-order valence-electron chi connectivity index (χ1n) is 3.62. The molecule has 1 rings (SSSR count). The highest BCUT2D eigenvalue weighted by molar-refractivity contribution is 7.91. The molecule has 2 N–H and O–H groups in total. The number of ether oxygens (including phenoxy) is 1. The molecule has 2 atom stereocenters. The maximum absolute atomic E-state index is 11.0. The fourth-order valence-electron chi connectivity index (χ4n) is 1.08. The first kappa shape index (κ1) is 15.9. The Kier molecular flexibility index (Phi) is 8.36. The van der Waals surface area contributed by atoms with E-state index in [9.17, 15) is 4.21 Å². The highest BCUT2D eigenvalue weighted by Crippen LogP contribution is 1.99. The van der Waals surface area contributed by atoms with Crippen LogP contribution in [0.25, 0.3) is 0 Å². The molecule has 0 aliphatic carbocycles. The topological polar surface area (TPSA) is 62.2 Å². The van der Waals surface area contributed by atoms with Crippen molar-refractivity contribution in [3.05, 3.63) is 0 Å². The molecule has 13 heavy (non-hydrogen) atoms. The summed E-state index contributed by atoms with van der Waals surface area (Å²) in [5.41, 5.74) is 0. The van der Waals surface area contributed by atoms with Crippen molar-refractivity contribution in [2.45, 2.75) is 6.10 Å². The molecule has 0 aromatic carbocycles.